The maximum Gasteiger partial charge on any atom is 0.238 e. The Morgan fingerprint density at radius 1 is 0.352 bits per heavy atom. The highest BCUT2D eigenvalue weighted by atomic mass is 32.1. The molecular weight excluding hydrogens is 677 g/mol. The van der Waals surface area contributed by atoms with Crippen LogP contribution in [-0.2, 0) is 0 Å². The number of hydrogen-bond acceptors (Lipinski definition) is 4. The van der Waals surface area contributed by atoms with Gasteiger partial charge in [0.15, 0.2) is 11.6 Å². The van der Waals surface area contributed by atoms with E-state index >= 15 is 0 Å². The van der Waals surface area contributed by atoms with Gasteiger partial charge in [-0.05, 0) is 69.4 Å². The van der Waals surface area contributed by atoms with Crippen LogP contribution in [0.15, 0.2) is 182 Å². The van der Waals surface area contributed by atoms with Crippen molar-refractivity contribution in [3.8, 4) is 51.0 Å². The zero-order valence-corrected chi connectivity index (χ0v) is 29.8. The van der Waals surface area contributed by atoms with Crippen molar-refractivity contribution in [3.63, 3.8) is 0 Å². The van der Waals surface area contributed by atoms with E-state index in [1.807, 2.05) is 29.5 Å². The van der Waals surface area contributed by atoms with Crippen LogP contribution in [0.1, 0.15) is 0 Å². The molecule has 0 atom stereocenters. The summed E-state index contributed by atoms with van der Waals surface area (Å²) in [5, 5.41) is 7.18. The lowest BCUT2D eigenvalue weighted by molar-refractivity contribution is 0.954. The Morgan fingerprint density at radius 3 is 1.70 bits per heavy atom. The van der Waals surface area contributed by atoms with Gasteiger partial charge in [-0.2, -0.15) is 9.97 Å². The van der Waals surface area contributed by atoms with Crippen LogP contribution in [0.5, 0.6) is 0 Å². The summed E-state index contributed by atoms with van der Waals surface area (Å²) in [5.41, 5.74) is 8.59. The third-order valence-corrected chi connectivity index (χ3v) is 11.6. The molecule has 5 heteroatoms. The molecule has 3 heterocycles. The predicted octanol–water partition coefficient (Wildman–Crippen LogP) is 13.2. The number of thiophene rings is 1. The highest BCUT2D eigenvalue weighted by Crippen LogP contribution is 2.43. The fourth-order valence-corrected chi connectivity index (χ4v) is 9.02. The number of fused-ring (bicyclic) bond motifs is 8. The molecule has 0 saturated heterocycles. The molecule has 0 radical (unpaired) electrons. The van der Waals surface area contributed by atoms with Crippen LogP contribution >= 0.6 is 11.3 Å². The quantitative estimate of drug-likeness (QED) is 0.179. The molecule has 0 fully saturated rings. The van der Waals surface area contributed by atoms with Crippen LogP contribution in [0.3, 0.4) is 0 Å². The Morgan fingerprint density at radius 2 is 0.944 bits per heavy atom. The van der Waals surface area contributed by atoms with Crippen LogP contribution < -0.4 is 0 Å². The van der Waals surface area contributed by atoms with Crippen molar-refractivity contribution in [2.24, 2.45) is 0 Å². The van der Waals surface area contributed by atoms with Crippen molar-refractivity contribution in [1.82, 2.24) is 19.5 Å². The third-order valence-electron chi connectivity index (χ3n) is 10.5. The van der Waals surface area contributed by atoms with Gasteiger partial charge >= 0.3 is 0 Å². The van der Waals surface area contributed by atoms with Crippen molar-refractivity contribution in [1.29, 1.82) is 0 Å². The van der Waals surface area contributed by atoms with Gasteiger partial charge in [0.1, 0.15) is 0 Å². The summed E-state index contributed by atoms with van der Waals surface area (Å²) in [4.78, 5) is 15.8. The van der Waals surface area contributed by atoms with Gasteiger partial charge in [0.25, 0.3) is 0 Å². The number of aromatic nitrogens is 4. The molecule has 11 aromatic rings. The average Bonchev–Trinajstić information content (AvgIpc) is 3.79. The largest absolute Gasteiger partial charge is 0.278 e. The predicted molar refractivity (Wildman–Crippen MR) is 226 cm³/mol. The van der Waals surface area contributed by atoms with E-state index in [9.17, 15) is 0 Å². The van der Waals surface area contributed by atoms with E-state index in [1.54, 1.807) is 0 Å². The smallest absolute Gasteiger partial charge is 0.238 e. The van der Waals surface area contributed by atoms with Crippen LogP contribution in [0, 0.1) is 0 Å². The zero-order valence-electron chi connectivity index (χ0n) is 29.0. The summed E-state index contributed by atoms with van der Waals surface area (Å²) in [7, 11) is 0. The molecule has 0 spiro atoms. The first-order chi connectivity index (χ1) is 26.8. The van der Waals surface area contributed by atoms with E-state index < -0.39 is 0 Å². The van der Waals surface area contributed by atoms with Crippen LogP contribution in [-0.4, -0.2) is 19.5 Å². The molecule has 0 N–H and O–H groups in total. The van der Waals surface area contributed by atoms with E-state index in [-0.39, 0.29) is 0 Å². The van der Waals surface area contributed by atoms with E-state index in [4.69, 9.17) is 15.0 Å². The molecule has 11 rings (SSSR count). The summed E-state index contributed by atoms with van der Waals surface area (Å²) >= 11 is 1.81. The molecule has 4 nitrogen and oxygen atoms in total. The standard InChI is InChI=1S/C49H30N4S/c1-4-14-31(15-5-1)34-24-26-39-42(29-34)53(43-30-40(32-16-6-2-7-17-32)36-20-10-11-22-38(36)46(39)43)49-51-47(33-18-8-3-9-19-33)50-48(52-49)35-25-27-45-41(28-35)37-21-12-13-23-44(37)54-45/h1-30H. The minimum atomic E-state index is 0.577. The molecule has 54 heavy (non-hydrogen) atoms. The second kappa shape index (κ2) is 12.3. The molecule has 0 aliphatic rings. The molecule has 252 valence electrons. The van der Waals surface area contributed by atoms with Crippen molar-refractivity contribution < 1.29 is 0 Å². The number of benzene rings is 8. The normalized spacial score (nSPS) is 11.7. The van der Waals surface area contributed by atoms with Gasteiger partial charge in [0.05, 0.1) is 11.0 Å². The minimum Gasteiger partial charge on any atom is -0.278 e. The van der Waals surface area contributed by atoms with Crippen molar-refractivity contribution >= 4 is 64.1 Å². The van der Waals surface area contributed by atoms with Crippen LogP contribution in [0.4, 0.5) is 0 Å². The van der Waals surface area contributed by atoms with Gasteiger partial charge in [-0.25, -0.2) is 4.98 Å². The van der Waals surface area contributed by atoms with Crippen molar-refractivity contribution in [3.05, 3.63) is 182 Å². The molecule has 0 unspecified atom stereocenters. The average molecular weight is 707 g/mol. The highest BCUT2D eigenvalue weighted by molar-refractivity contribution is 7.25. The van der Waals surface area contributed by atoms with Crippen LogP contribution in [0.2, 0.25) is 0 Å². The molecule has 0 bridgehead atoms. The SMILES string of the molecule is c1ccc(-c2ccc3c4c5ccccc5c(-c5ccccc5)cc4n(-c4nc(-c5ccccc5)nc(-c5ccc6sc7ccccc7c6c5)n4)c3c2)cc1. The minimum absolute atomic E-state index is 0.577. The molecular formula is C49H30N4S. The Kier molecular flexibility index (Phi) is 7.00. The maximum atomic E-state index is 5.37. The molecule has 0 aliphatic carbocycles. The van der Waals surface area contributed by atoms with E-state index in [0.717, 1.165) is 44.2 Å². The van der Waals surface area contributed by atoms with Gasteiger partial charge in [0, 0.05) is 42.1 Å². The van der Waals surface area contributed by atoms with Gasteiger partial charge in [-0.15, -0.1) is 11.3 Å². The van der Waals surface area contributed by atoms with Gasteiger partial charge in [-0.3, -0.25) is 4.57 Å². The molecule has 0 aliphatic heterocycles. The lowest BCUT2D eigenvalue weighted by Gasteiger charge is -2.13. The third kappa shape index (κ3) is 4.94. The van der Waals surface area contributed by atoms with Crippen LogP contribution in [0.25, 0.3) is 104 Å². The van der Waals surface area contributed by atoms with Gasteiger partial charge in [-0.1, -0.05) is 146 Å². The van der Waals surface area contributed by atoms with Gasteiger partial charge < -0.3 is 0 Å². The number of nitrogens with zero attached hydrogens (tertiary/aromatic N) is 4. The fraction of sp³-hybridized carbons (Fsp3) is 0. The Bertz CT molecular complexity index is 3200. The molecule has 8 aromatic carbocycles. The van der Waals surface area contributed by atoms with E-state index in [0.29, 0.717) is 17.6 Å². The summed E-state index contributed by atoms with van der Waals surface area (Å²) < 4.78 is 4.77. The molecule has 0 amide bonds. The van der Waals surface area contributed by atoms with E-state index in [1.165, 1.54) is 41.9 Å². The maximum absolute atomic E-state index is 5.37. The summed E-state index contributed by atoms with van der Waals surface area (Å²) in [6.07, 6.45) is 0. The first kappa shape index (κ1) is 30.7. The summed E-state index contributed by atoms with van der Waals surface area (Å²) in [5.74, 6) is 1.84. The van der Waals surface area contributed by atoms with Crippen molar-refractivity contribution in [2.75, 3.05) is 0 Å². The second-order valence-electron chi connectivity index (χ2n) is 13.6. The lowest BCUT2D eigenvalue weighted by Crippen LogP contribution is -2.06. The Labute approximate surface area is 315 Å². The topological polar surface area (TPSA) is 43.6 Å². The zero-order chi connectivity index (χ0) is 35.6. The molecule has 3 aromatic heterocycles. The number of rotatable bonds is 5. The molecule has 0 saturated carbocycles. The fourth-order valence-electron chi connectivity index (χ4n) is 7.94. The first-order valence-electron chi connectivity index (χ1n) is 18.1. The lowest BCUT2D eigenvalue weighted by atomic mass is 9.94. The second-order valence-corrected chi connectivity index (χ2v) is 14.7. The van der Waals surface area contributed by atoms with Crippen molar-refractivity contribution in [2.45, 2.75) is 0 Å². The summed E-state index contributed by atoms with van der Waals surface area (Å²) in [6.45, 7) is 0. The Balaban J connectivity index is 1.26. The number of hydrogen-bond donors (Lipinski definition) is 0. The Hall–Kier alpha value is -6.95. The summed E-state index contributed by atoms with van der Waals surface area (Å²) in [6, 6.07) is 64.5. The highest BCUT2D eigenvalue weighted by Gasteiger charge is 2.22. The first-order valence-corrected chi connectivity index (χ1v) is 18.9. The van der Waals surface area contributed by atoms with Gasteiger partial charge in [0.2, 0.25) is 5.95 Å². The monoisotopic (exact) mass is 706 g/mol. The van der Waals surface area contributed by atoms with E-state index in [2.05, 4.69) is 168 Å².